The summed E-state index contributed by atoms with van der Waals surface area (Å²) in [6, 6.07) is 0. The zero-order chi connectivity index (χ0) is 14.2. The van der Waals surface area contributed by atoms with Crippen LogP contribution in [0.4, 0.5) is 0 Å². The summed E-state index contributed by atoms with van der Waals surface area (Å²) in [5.74, 6) is -0.222. The lowest BCUT2D eigenvalue weighted by atomic mass is 9.79. The van der Waals surface area contributed by atoms with E-state index >= 15 is 0 Å². The van der Waals surface area contributed by atoms with Crippen LogP contribution < -0.4 is 5.73 Å². The smallest absolute Gasteiger partial charge is 0.313 e. The molecule has 0 rings (SSSR count). The van der Waals surface area contributed by atoms with Gasteiger partial charge in [0.05, 0.1) is 12.0 Å². The Morgan fingerprint density at radius 2 is 1.89 bits per heavy atom. The van der Waals surface area contributed by atoms with Gasteiger partial charge in [-0.1, -0.05) is 13.3 Å². The van der Waals surface area contributed by atoms with E-state index < -0.39 is 15.3 Å². The van der Waals surface area contributed by atoms with Crippen LogP contribution in [0, 0.1) is 5.41 Å². The highest BCUT2D eigenvalue weighted by atomic mass is 32.2. The fraction of sp³-hybridized carbons (Fsp3) is 0.917. The van der Waals surface area contributed by atoms with Gasteiger partial charge < -0.3 is 10.5 Å². The first kappa shape index (κ1) is 17.4. The molecule has 18 heavy (non-hydrogen) atoms. The average molecular weight is 279 g/mol. The van der Waals surface area contributed by atoms with Crippen LogP contribution in [-0.4, -0.2) is 39.5 Å². The molecule has 0 heterocycles. The number of esters is 1. The molecular formula is C12H25NO4S. The van der Waals surface area contributed by atoms with Crippen LogP contribution in [-0.2, 0) is 19.4 Å². The molecule has 0 fully saturated rings. The first-order valence-electron chi connectivity index (χ1n) is 6.36. The van der Waals surface area contributed by atoms with Gasteiger partial charge in [0.1, 0.15) is 9.84 Å². The van der Waals surface area contributed by atoms with Crippen molar-refractivity contribution < 1.29 is 17.9 Å². The number of nitrogens with two attached hydrogens (primary N) is 1. The third-order valence-corrected chi connectivity index (χ3v) is 4.03. The number of rotatable bonds is 9. The SMILES string of the molecule is CCC[C@@](CN)(CCCS(C)(=O)=O)C(=O)OCC. The van der Waals surface area contributed by atoms with Crippen molar-refractivity contribution in [3.63, 3.8) is 0 Å². The van der Waals surface area contributed by atoms with Crippen molar-refractivity contribution in [1.29, 1.82) is 0 Å². The van der Waals surface area contributed by atoms with Crippen molar-refractivity contribution in [3.05, 3.63) is 0 Å². The lowest BCUT2D eigenvalue weighted by molar-refractivity contribution is -0.156. The normalized spacial score (nSPS) is 15.1. The Hall–Kier alpha value is -0.620. The third-order valence-electron chi connectivity index (χ3n) is 3.00. The molecule has 1 atom stereocenters. The zero-order valence-corrected chi connectivity index (χ0v) is 12.4. The van der Waals surface area contributed by atoms with E-state index in [1.54, 1.807) is 6.92 Å². The van der Waals surface area contributed by atoms with E-state index in [1.165, 1.54) is 6.26 Å². The summed E-state index contributed by atoms with van der Waals surface area (Å²) in [6.45, 7) is 4.24. The molecule has 0 aliphatic carbocycles. The molecule has 0 bridgehead atoms. The Balaban J connectivity index is 4.70. The Kier molecular flexibility index (Phi) is 7.47. The fourth-order valence-corrected chi connectivity index (χ4v) is 2.72. The molecule has 0 aromatic rings. The summed E-state index contributed by atoms with van der Waals surface area (Å²) >= 11 is 0. The monoisotopic (exact) mass is 279 g/mol. The largest absolute Gasteiger partial charge is 0.466 e. The van der Waals surface area contributed by atoms with E-state index in [0.717, 1.165) is 6.42 Å². The van der Waals surface area contributed by atoms with Gasteiger partial charge in [0, 0.05) is 18.6 Å². The maximum atomic E-state index is 12.0. The molecule has 2 N–H and O–H groups in total. The maximum Gasteiger partial charge on any atom is 0.313 e. The summed E-state index contributed by atoms with van der Waals surface area (Å²) in [4.78, 5) is 12.0. The second kappa shape index (κ2) is 7.74. The van der Waals surface area contributed by atoms with E-state index in [2.05, 4.69) is 0 Å². The van der Waals surface area contributed by atoms with Gasteiger partial charge in [-0.05, 0) is 26.2 Å². The molecule has 6 heteroatoms. The number of ether oxygens (including phenoxy) is 1. The van der Waals surface area contributed by atoms with Gasteiger partial charge in [0.2, 0.25) is 0 Å². The molecule has 108 valence electrons. The second-order valence-electron chi connectivity index (χ2n) is 4.69. The topological polar surface area (TPSA) is 86.5 Å². The van der Waals surface area contributed by atoms with Crippen molar-refractivity contribution in [2.24, 2.45) is 11.1 Å². The van der Waals surface area contributed by atoms with Crippen molar-refractivity contribution >= 4 is 15.8 Å². The summed E-state index contributed by atoms with van der Waals surface area (Å²) in [5.41, 5.74) is 5.00. The van der Waals surface area contributed by atoms with Gasteiger partial charge >= 0.3 is 5.97 Å². The predicted molar refractivity (Wildman–Crippen MR) is 72.0 cm³/mol. The minimum absolute atomic E-state index is 0.0812. The summed E-state index contributed by atoms with van der Waals surface area (Å²) in [5, 5.41) is 0. The number of sulfone groups is 1. The maximum absolute atomic E-state index is 12.0. The summed E-state index contributed by atoms with van der Waals surface area (Å²) < 4.78 is 27.3. The highest BCUT2D eigenvalue weighted by Gasteiger charge is 2.37. The van der Waals surface area contributed by atoms with Crippen LogP contribution >= 0.6 is 0 Å². The fourth-order valence-electron chi connectivity index (χ4n) is 2.05. The standard InChI is InChI=1S/C12H25NO4S/c1-4-7-12(10-13,11(14)17-5-2)8-6-9-18(3,15)16/h4-10,13H2,1-3H3/t12-/m0/s1. The van der Waals surface area contributed by atoms with E-state index in [4.69, 9.17) is 10.5 Å². The molecule has 0 spiro atoms. The van der Waals surface area contributed by atoms with Crippen LogP contribution in [0.5, 0.6) is 0 Å². The Morgan fingerprint density at radius 3 is 2.28 bits per heavy atom. The minimum Gasteiger partial charge on any atom is -0.466 e. The molecule has 0 amide bonds. The van der Waals surface area contributed by atoms with Crippen molar-refractivity contribution in [3.8, 4) is 0 Å². The molecule has 0 unspecified atom stereocenters. The second-order valence-corrected chi connectivity index (χ2v) is 6.95. The van der Waals surface area contributed by atoms with Crippen molar-refractivity contribution in [2.75, 3.05) is 25.2 Å². The van der Waals surface area contributed by atoms with Crippen LogP contribution in [0.1, 0.15) is 39.5 Å². The van der Waals surface area contributed by atoms with E-state index in [-0.39, 0.29) is 18.3 Å². The van der Waals surface area contributed by atoms with Crippen LogP contribution in [0.3, 0.4) is 0 Å². The summed E-state index contributed by atoms with van der Waals surface area (Å²) in [7, 11) is -3.00. The number of carbonyl (C=O) groups is 1. The lowest BCUT2D eigenvalue weighted by Gasteiger charge is -2.29. The highest BCUT2D eigenvalue weighted by molar-refractivity contribution is 7.90. The van der Waals surface area contributed by atoms with E-state index in [0.29, 0.717) is 25.9 Å². The number of hydrogen-bond donors (Lipinski definition) is 1. The zero-order valence-electron chi connectivity index (χ0n) is 11.6. The lowest BCUT2D eigenvalue weighted by Crippen LogP contribution is -2.40. The predicted octanol–water partition coefficient (Wildman–Crippen LogP) is 1.12. The molecule has 0 aliphatic rings. The van der Waals surface area contributed by atoms with Gasteiger partial charge in [0.25, 0.3) is 0 Å². The molecule has 5 nitrogen and oxygen atoms in total. The molecule has 0 radical (unpaired) electrons. The van der Waals surface area contributed by atoms with Gasteiger partial charge in [-0.3, -0.25) is 4.79 Å². The van der Waals surface area contributed by atoms with Crippen molar-refractivity contribution in [2.45, 2.75) is 39.5 Å². The number of hydrogen-bond acceptors (Lipinski definition) is 5. The average Bonchev–Trinajstić information content (AvgIpc) is 2.26. The minimum atomic E-state index is -3.00. The van der Waals surface area contributed by atoms with Gasteiger partial charge in [0.15, 0.2) is 0 Å². The highest BCUT2D eigenvalue weighted by Crippen LogP contribution is 2.30. The Morgan fingerprint density at radius 1 is 1.28 bits per heavy atom. The van der Waals surface area contributed by atoms with E-state index in [9.17, 15) is 13.2 Å². The third kappa shape index (κ3) is 5.82. The van der Waals surface area contributed by atoms with Gasteiger partial charge in [-0.25, -0.2) is 8.42 Å². The van der Waals surface area contributed by atoms with Gasteiger partial charge in [-0.2, -0.15) is 0 Å². The molecular weight excluding hydrogens is 254 g/mol. The summed E-state index contributed by atoms with van der Waals surface area (Å²) in [6.07, 6.45) is 3.54. The van der Waals surface area contributed by atoms with Crippen molar-refractivity contribution in [1.82, 2.24) is 0 Å². The Bertz CT molecular complexity index is 353. The first-order valence-corrected chi connectivity index (χ1v) is 8.42. The molecule has 0 aromatic carbocycles. The van der Waals surface area contributed by atoms with Crippen LogP contribution in [0.2, 0.25) is 0 Å². The molecule has 0 aromatic heterocycles. The number of carbonyl (C=O) groups excluding carboxylic acids is 1. The van der Waals surface area contributed by atoms with E-state index in [1.807, 2.05) is 6.92 Å². The molecule has 0 saturated heterocycles. The van der Waals surface area contributed by atoms with Crippen LogP contribution in [0.25, 0.3) is 0 Å². The molecule has 0 aliphatic heterocycles. The van der Waals surface area contributed by atoms with Gasteiger partial charge in [-0.15, -0.1) is 0 Å². The Labute approximate surface area is 110 Å². The quantitative estimate of drug-likeness (QED) is 0.639. The molecule has 0 saturated carbocycles. The van der Waals surface area contributed by atoms with Crippen LogP contribution in [0.15, 0.2) is 0 Å². The first-order chi connectivity index (χ1) is 8.31.